The molecule has 4 rings (SSSR count). The summed E-state index contributed by atoms with van der Waals surface area (Å²) in [7, 11) is -4.21. The van der Waals surface area contributed by atoms with Crippen LogP contribution in [-0.2, 0) is 39.0 Å². The summed E-state index contributed by atoms with van der Waals surface area (Å²) in [6, 6.07) is 27.1. The van der Waals surface area contributed by atoms with E-state index in [4.69, 9.17) is 23.2 Å². The van der Waals surface area contributed by atoms with Crippen LogP contribution in [0.15, 0.2) is 102 Å². The minimum atomic E-state index is -4.21. The molecule has 0 radical (unpaired) electrons. The molecule has 0 aliphatic heterocycles. The lowest BCUT2D eigenvalue weighted by atomic mass is 10.0. The number of carbonyl (C=O) groups is 2. The number of para-hydroxylation sites is 1. The number of hydrogen-bond acceptors (Lipinski definition) is 4. The van der Waals surface area contributed by atoms with E-state index in [9.17, 15) is 18.0 Å². The van der Waals surface area contributed by atoms with Crippen molar-refractivity contribution in [3.8, 4) is 0 Å². The lowest BCUT2D eigenvalue weighted by Gasteiger charge is -2.34. The van der Waals surface area contributed by atoms with Gasteiger partial charge in [-0.3, -0.25) is 13.9 Å². The molecule has 4 aromatic carbocycles. The Morgan fingerprint density at radius 3 is 2.06 bits per heavy atom. The van der Waals surface area contributed by atoms with E-state index in [1.165, 1.54) is 17.0 Å². The van der Waals surface area contributed by atoms with Crippen LogP contribution < -0.4 is 9.62 Å². The van der Waals surface area contributed by atoms with Gasteiger partial charge in [0.25, 0.3) is 10.0 Å². The number of nitrogens with zero attached hydrogens (tertiary/aromatic N) is 2. The molecule has 0 heterocycles. The van der Waals surface area contributed by atoms with Crippen molar-refractivity contribution in [3.05, 3.63) is 129 Å². The molecule has 0 unspecified atom stereocenters. The van der Waals surface area contributed by atoms with Crippen LogP contribution in [0.5, 0.6) is 0 Å². The maximum absolute atomic E-state index is 14.7. The molecule has 0 saturated carbocycles. The van der Waals surface area contributed by atoms with E-state index in [1.807, 2.05) is 70.2 Å². The van der Waals surface area contributed by atoms with Crippen molar-refractivity contribution < 1.29 is 18.0 Å². The van der Waals surface area contributed by atoms with Crippen molar-refractivity contribution in [2.45, 2.75) is 58.0 Å². The molecule has 0 saturated heterocycles. The summed E-state index contributed by atoms with van der Waals surface area (Å²) in [5.41, 5.74) is 3.34. The molecule has 2 amide bonds. The van der Waals surface area contributed by atoms with E-state index in [0.29, 0.717) is 34.3 Å². The maximum Gasteiger partial charge on any atom is 0.264 e. The molecule has 1 atom stereocenters. The lowest BCUT2D eigenvalue weighted by Crippen LogP contribution is -2.54. The topological polar surface area (TPSA) is 86.8 Å². The van der Waals surface area contributed by atoms with Gasteiger partial charge in [-0.05, 0) is 60.7 Å². The van der Waals surface area contributed by atoms with Gasteiger partial charge in [-0.15, -0.1) is 0 Å². The second kappa shape index (κ2) is 16.3. The van der Waals surface area contributed by atoms with Gasteiger partial charge in [-0.25, -0.2) is 8.42 Å². The first-order valence-corrected chi connectivity index (χ1v) is 17.8. The number of sulfonamides is 1. The van der Waals surface area contributed by atoms with Gasteiger partial charge in [0, 0.05) is 35.1 Å². The Bertz CT molecular complexity index is 1760. The molecule has 0 aliphatic carbocycles. The highest BCUT2D eigenvalue weighted by Crippen LogP contribution is 2.30. The minimum Gasteiger partial charge on any atom is -0.354 e. The van der Waals surface area contributed by atoms with Crippen molar-refractivity contribution in [1.29, 1.82) is 0 Å². The number of rotatable bonds is 14. The van der Waals surface area contributed by atoms with Crippen molar-refractivity contribution in [2.75, 3.05) is 17.4 Å². The molecule has 0 aromatic heterocycles. The number of aryl methyl sites for hydroxylation is 2. The standard InChI is InChI=1S/C37H41Cl2N3O4S/c1-5-29-14-9-10-17-34(29)42(47(45,46)30-20-18-27(4)19-21-30)25-36(43)41(24-31-32(38)15-11-16-33(31)39)35(37(44)40-23-26(2)3)22-28-12-7-6-8-13-28/h6-21,26,35H,5,22-25H2,1-4H3,(H,40,44)/t35-/m0/s1. The Morgan fingerprint density at radius 2 is 1.45 bits per heavy atom. The fourth-order valence-electron chi connectivity index (χ4n) is 5.23. The van der Waals surface area contributed by atoms with Crippen LogP contribution >= 0.6 is 23.2 Å². The molecule has 0 spiro atoms. The lowest BCUT2D eigenvalue weighted by molar-refractivity contribution is -0.140. The number of nitrogens with one attached hydrogen (secondary N) is 1. The zero-order valence-electron chi connectivity index (χ0n) is 27.1. The Morgan fingerprint density at radius 1 is 0.830 bits per heavy atom. The quantitative estimate of drug-likeness (QED) is 0.148. The molecule has 47 heavy (non-hydrogen) atoms. The van der Waals surface area contributed by atoms with Crippen LogP contribution in [0.3, 0.4) is 0 Å². The third-order valence-electron chi connectivity index (χ3n) is 7.87. The van der Waals surface area contributed by atoms with Gasteiger partial charge in [-0.1, -0.05) is 116 Å². The summed E-state index contributed by atoms with van der Waals surface area (Å²) in [5, 5.41) is 3.65. The SMILES string of the molecule is CCc1ccccc1N(CC(=O)N(Cc1c(Cl)cccc1Cl)[C@@H](Cc1ccccc1)C(=O)NCC(C)C)S(=O)(=O)c1ccc(C)cc1. The summed E-state index contributed by atoms with van der Waals surface area (Å²) in [6.45, 7) is 7.50. The Balaban J connectivity index is 1.86. The van der Waals surface area contributed by atoms with Gasteiger partial charge in [0.2, 0.25) is 11.8 Å². The van der Waals surface area contributed by atoms with E-state index in [0.717, 1.165) is 21.0 Å². The van der Waals surface area contributed by atoms with E-state index in [2.05, 4.69) is 5.32 Å². The largest absolute Gasteiger partial charge is 0.354 e. The van der Waals surface area contributed by atoms with Gasteiger partial charge < -0.3 is 10.2 Å². The summed E-state index contributed by atoms with van der Waals surface area (Å²) in [4.78, 5) is 30.1. The summed E-state index contributed by atoms with van der Waals surface area (Å²) < 4.78 is 29.8. The highest BCUT2D eigenvalue weighted by atomic mass is 35.5. The molecular formula is C37H41Cl2N3O4S. The average molecular weight is 695 g/mol. The monoisotopic (exact) mass is 693 g/mol. The summed E-state index contributed by atoms with van der Waals surface area (Å²) in [5.74, 6) is -0.775. The average Bonchev–Trinajstić information content (AvgIpc) is 3.05. The minimum absolute atomic E-state index is 0.0537. The third kappa shape index (κ3) is 9.15. The predicted octanol–water partition coefficient (Wildman–Crippen LogP) is 7.47. The number of benzene rings is 4. The summed E-state index contributed by atoms with van der Waals surface area (Å²) in [6.07, 6.45) is 0.728. The Kier molecular flexibility index (Phi) is 12.5. The van der Waals surface area contributed by atoms with Crippen LogP contribution in [0, 0.1) is 12.8 Å². The number of halogens is 2. The number of amides is 2. The highest BCUT2D eigenvalue weighted by Gasteiger charge is 2.35. The molecule has 0 fully saturated rings. The van der Waals surface area contributed by atoms with Gasteiger partial charge >= 0.3 is 0 Å². The fraction of sp³-hybridized carbons (Fsp3) is 0.297. The van der Waals surface area contributed by atoms with E-state index < -0.39 is 28.5 Å². The van der Waals surface area contributed by atoms with Crippen LogP contribution in [0.25, 0.3) is 0 Å². The molecule has 10 heteroatoms. The van der Waals surface area contributed by atoms with Gasteiger partial charge in [0.05, 0.1) is 10.6 Å². The zero-order valence-corrected chi connectivity index (χ0v) is 29.4. The molecule has 0 aliphatic rings. The number of hydrogen-bond donors (Lipinski definition) is 1. The normalized spacial score (nSPS) is 12.1. The molecule has 248 valence electrons. The molecule has 0 bridgehead atoms. The van der Waals surface area contributed by atoms with Crippen LogP contribution in [0.2, 0.25) is 10.0 Å². The van der Waals surface area contributed by atoms with Gasteiger partial charge in [0.1, 0.15) is 12.6 Å². The van der Waals surface area contributed by atoms with Crippen molar-refractivity contribution in [1.82, 2.24) is 10.2 Å². The predicted molar refractivity (Wildman–Crippen MR) is 190 cm³/mol. The van der Waals surface area contributed by atoms with Crippen molar-refractivity contribution in [3.63, 3.8) is 0 Å². The van der Waals surface area contributed by atoms with Crippen LogP contribution in [0.4, 0.5) is 5.69 Å². The van der Waals surface area contributed by atoms with Crippen LogP contribution in [0.1, 0.15) is 43.0 Å². The van der Waals surface area contributed by atoms with Crippen molar-refractivity contribution >= 4 is 50.7 Å². The van der Waals surface area contributed by atoms with Gasteiger partial charge in [0.15, 0.2) is 0 Å². The first-order chi connectivity index (χ1) is 22.4. The third-order valence-corrected chi connectivity index (χ3v) is 10.4. The van der Waals surface area contributed by atoms with Crippen LogP contribution in [-0.4, -0.2) is 44.3 Å². The second-order valence-electron chi connectivity index (χ2n) is 11.9. The maximum atomic E-state index is 14.7. The van der Waals surface area contributed by atoms with E-state index >= 15 is 0 Å². The van der Waals surface area contributed by atoms with Gasteiger partial charge in [-0.2, -0.15) is 0 Å². The molecule has 7 nitrogen and oxygen atoms in total. The molecular weight excluding hydrogens is 653 g/mol. The fourth-order valence-corrected chi connectivity index (χ4v) is 7.20. The highest BCUT2D eigenvalue weighted by molar-refractivity contribution is 7.92. The van der Waals surface area contributed by atoms with E-state index in [1.54, 1.807) is 42.5 Å². The Labute approximate surface area is 288 Å². The first-order valence-electron chi connectivity index (χ1n) is 15.6. The number of carbonyl (C=O) groups excluding carboxylic acids is 2. The van der Waals surface area contributed by atoms with Crippen molar-refractivity contribution in [2.24, 2.45) is 5.92 Å². The Hall–Kier alpha value is -3.85. The first kappa shape index (κ1) is 36.0. The molecule has 4 aromatic rings. The second-order valence-corrected chi connectivity index (χ2v) is 14.6. The smallest absolute Gasteiger partial charge is 0.264 e. The van der Waals surface area contributed by atoms with E-state index in [-0.39, 0.29) is 29.7 Å². The molecule has 1 N–H and O–H groups in total. The summed E-state index contributed by atoms with van der Waals surface area (Å²) >= 11 is 13.2. The zero-order chi connectivity index (χ0) is 34.1. The number of anilines is 1.